The van der Waals surface area contributed by atoms with E-state index in [0.29, 0.717) is 5.82 Å². The summed E-state index contributed by atoms with van der Waals surface area (Å²) in [6.45, 7) is 2.04. The molecule has 134 valence electrons. The number of nitrogens with zero attached hydrogens (tertiary/aromatic N) is 2. The average Bonchev–Trinajstić information content (AvgIpc) is 3.30. The maximum Gasteiger partial charge on any atom is 0.228 e. The lowest BCUT2D eigenvalue weighted by atomic mass is 10.1. The van der Waals surface area contributed by atoms with Crippen LogP contribution < -0.4 is 10.1 Å². The second-order valence-corrected chi connectivity index (χ2v) is 6.91. The Morgan fingerprint density at radius 1 is 1.23 bits per heavy atom. The number of imidazole rings is 1. The van der Waals surface area contributed by atoms with Crippen LogP contribution >= 0.6 is 0 Å². The molecular weight excluding hydrogens is 326 g/mol. The van der Waals surface area contributed by atoms with Gasteiger partial charge in [-0.25, -0.2) is 4.98 Å². The van der Waals surface area contributed by atoms with E-state index in [0.717, 1.165) is 53.9 Å². The van der Waals surface area contributed by atoms with Gasteiger partial charge in [0, 0.05) is 17.7 Å². The van der Waals surface area contributed by atoms with Gasteiger partial charge < -0.3 is 10.1 Å². The van der Waals surface area contributed by atoms with Gasteiger partial charge in [-0.3, -0.25) is 9.20 Å². The lowest BCUT2D eigenvalue weighted by Gasteiger charge is -2.13. The molecule has 0 saturated heterocycles. The highest BCUT2D eigenvalue weighted by atomic mass is 16.5. The van der Waals surface area contributed by atoms with E-state index in [2.05, 4.69) is 5.32 Å². The van der Waals surface area contributed by atoms with Crippen LogP contribution in [0.2, 0.25) is 0 Å². The monoisotopic (exact) mass is 349 g/mol. The molecule has 2 heterocycles. The van der Waals surface area contributed by atoms with E-state index >= 15 is 0 Å². The van der Waals surface area contributed by atoms with Crippen LogP contribution in [0.1, 0.15) is 31.2 Å². The Morgan fingerprint density at radius 3 is 2.77 bits per heavy atom. The Balaban J connectivity index is 1.84. The van der Waals surface area contributed by atoms with Gasteiger partial charge in [0.2, 0.25) is 5.91 Å². The summed E-state index contributed by atoms with van der Waals surface area (Å²) in [4.78, 5) is 17.6. The Labute approximate surface area is 153 Å². The number of nitrogens with one attached hydrogen (secondary N) is 1. The number of aryl methyl sites for hydroxylation is 1. The highest BCUT2D eigenvalue weighted by molar-refractivity contribution is 5.96. The van der Waals surface area contributed by atoms with Gasteiger partial charge in [0.25, 0.3) is 0 Å². The van der Waals surface area contributed by atoms with Crippen molar-refractivity contribution >= 4 is 17.4 Å². The van der Waals surface area contributed by atoms with E-state index in [4.69, 9.17) is 9.72 Å². The van der Waals surface area contributed by atoms with Crippen molar-refractivity contribution in [1.29, 1.82) is 0 Å². The van der Waals surface area contributed by atoms with Crippen LogP contribution in [0.4, 0.5) is 5.82 Å². The molecule has 0 spiro atoms. The summed E-state index contributed by atoms with van der Waals surface area (Å²) in [6.07, 6.45) is 6.14. The number of pyridine rings is 1. The Bertz CT molecular complexity index is 955. The van der Waals surface area contributed by atoms with Crippen LogP contribution in [-0.2, 0) is 4.79 Å². The third-order valence-corrected chi connectivity index (χ3v) is 5.11. The summed E-state index contributed by atoms with van der Waals surface area (Å²) in [7, 11) is 1.65. The van der Waals surface area contributed by atoms with Gasteiger partial charge in [-0.05, 0) is 49.6 Å². The van der Waals surface area contributed by atoms with Gasteiger partial charge >= 0.3 is 0 Å². The second-order valence-electron chi connectivity index (χ2n) is 6.91. The maximum atomic E-state index is 12.8. The first-order valence-electron chi connectivity index (χ1n) is 9.10. The average molecular weight is 349 g/mol. The van der Waals surface area contributed by atoms with Crippen molar-refractivity contribution < 1.29 is 9.53 Å². The molecule has 1 aliphatic carbocycles. The van der Waals surface area contributed by atoms with Crippen molar-refractivity contribution in [1.82, 2.24) is 9.38 Å². The number of para-hydroxylation sites is 1. The van der Waals surface area contributed by atoms with Gasteiger partial charge in [-0.1, -0.05) is 25.0 Å². The van der Waals surface area contributed by atoms with E-state index in [9.17, 15) is 4.79 Å². The number of carbonyl (C=O) groups excluding carboxylic acids is 1. The molecule has 0 radical (unpaired) electrons. The molecule has 4 rings (SSSR count). The fourth-order valence-corrected chi connectivity index (χ4v) is 3.70. The fraction of sp³-hybridized carbons (Fsp3) is 0.333. The highest BCUT2D eigenvalue weighted by Crippen LogP contribution is 2.36. The van der Waals surface area contributed by atoms with Crippen molar-refractivity contribution in [3.8, 4) is 17.0 Å². The number of carbonyl (C=O) groups is 1. The van der Waals surface area contributed by atoms with E-state index in [1.165, 1.54) is 0 Å². The highest BCUT2D eigenvalue weighted by Gasteiger charge is 2.26. The normalized spacial score (nSPS) is 14.7. The number of aromatic nitrogens is 2. The quantitative estimate of drug-likeness (QED) is 0.757. The molecule has 1 aliphatic rings. The zero-order valence-electron chi connectivity index (χ0n) is 15.2. The van der Waals surface area contributed by atoms with Gasteiger partial charge in [0.05, 0.1) is 7.11 Å². The van der Waals surface area contributed by atoms with Crippen LogP contribution in [-0.4, -0.2) is 22.4 Å². The summed E-state index contributed by atoms with van der Waals surface area (Å²) in [5.74, 6) is 1.63. The van der Waals surface area contributed by atoms with Crippen LogP contribution in [0.5, 0.6) is 5.75 Å². The van der Waals surface area contributed by atoms with Crippen LogP contribution in [0.25, 0.3) is 16.9 Å². The molecule has 1 aromatic carbocycles. The SMILES string of the molecule is COc1ccccc1-c1nc2cc(C)ccn2c1NC(=O)C1CCCC1. The molecule has 1 fully saturated rings. The molecule has 0 atom stereocenters. The molecule has 5 nitrogen and oxygen atoms in total. The van der Waals surface area contributed by atoms with Crippen LogP contribution in [0.3, 0.4) is 0 Å². The van der Waals surface area contributed by atoms with E-state index in [1.54, 1.807) is 7.11 Å². The minimum atomic E-state index is 0.0843. The number of hydrogen-bond acceptors (Lipinski definition) is 3. The molecule has 1 saturated carbocycles. The molecule has 2 aromatic heterocycles. The summed E-state index contributed by atoms with van der Waals surface area (Å²) in [5, 5.41) is 3.15. The zero-order valence-corrected chi connectivity index (χ0v) is 15.2. The third kappa shape index (κ3) is 2.94. The Hall–Kier alpha value is -2.82. The summed E-state index contributed by atoms with van der Waals surface area (Å²) in [5.41, 5.74) is 3.55. The maximum absolute atomic E-state index is 12.8. The molecule has 0 aliphatic heterocycles. The molecule has 0 bridgehead atoms. The van der Waals surface area contributed by atoms with Crippen molar-refractivity contribution in [2.45, 2.75) is 32.6 Å². The van der Waals surface area contributed by atoms with E-state index in [-0.39, 0.29) is 11.8 Å². The first-order valence-corrected chi connectivity index (χ1v) is 9.10. The number of hydrogen-bond donors (Lipinski definition) is 1. The number of ether oxygens (including phenoxy) is 1. The lowest BCUT2D eigenvalue weighted by Crippen LogP contribution is -2.21. The molecule has 5 heteroatoms. The summed E-state index contributed by atoms with van der Waals surface area (Å²) >= 11 is 0. The predicted octanol–water partition coefficient (Wildman–Crippen LogP) is 4.45. The molecule has 1 amide bonds. The van der Waals surface area contributed by atoms with Crippen molar-refractivity contribution in [2.75, 3.05) is 12.4 Å². The van der Waals surface area contributed by atoms with Crippen molar-refractivity contribution in [3.05, 3.63) is 48.2 Å². The Morgan fingerprint density at radius 2 is 2.00 bits per heavy atom. The van der Waals surface area contributed by atoms with Crippen molar-refractivity contribution in [2.24, 2.45) is 5.92 Å². The smallest absolute Gasteiger partial charge is 0.228 e. The predicted molar refractivity (Wildman–Crippen MR) is 103 cm³/mol. The van der Waals surface area contributed by atoms with Crippen LogP contribution in [0, 0.1) is 12.8 Å². The van der Waals surface area contributed by atoms with Crippen LogP contribution in [0.15, 0.2) is 42.6 Å². The summed E-state index contributed by atoms with van der Waals surface area (Å²) in [6, 6.07) is 11.8. The van der Waals surface area contributed by atoms with Gasteiger partial charge in [-0.2, -0.15) is 0 Å². The topological polar surface area (TPSA) is 55.6 Å². The van der Waals surface area contributed by atoms with E-state index in [1.807, 2.05) is 53.9 Å². The Kier molecular flexibility index (Phi) is 4.37. The minimum absolute atomic E-state index is 0.0843. The van der Waals surface area contributed by atoms with Crippen molar-refractivity contribution in [3.63, 3.8) is 0 Å². The lowest BCUT2D eigenvalue weighted by molar-refractivity contribution is -0.119. The van der Waals surface area contributed by atoms with E-state index < -0.39 is 0 Å². The largest absolute Gasteiger partial charge is 0.496 e. The van der Waals surface area contributed by atoms with Gasteiger partial charge in [0.1, 0.15) is 22.9 Å². The number of amides is 1. The standard InChI is InChI=1S/C21H23N3O2/c1-14-11-12-24-18(13-14)22-19(16-9-5-6-10-17(16)26-2)20(24)23-21(25)15-7-3-4-8-15/h5-6,9-13,15H,3-4,7-8H2,1-2H3,(H,23,25). The number of anilines is 1. The molecule has 26 heavy (non-hydrogen) atoms. The minimum Gasteiger partial charge on any atom is -0.496 e. The zero-order chi connectivity index (χ0) is 18.1. The first-order chi connectivity index (χ1) is 12.7. The number of rotatable bonds is 4. The second kappa shape index (κ2) is 6.83. The third-order valence-electron chi connectivity index (χ3n) is 5.11. The molecular formula is C21H23N3O2. The first kappa shape index (κ1) is 16.6. The number of fused-ring (bicyclic) bond motifs is 1. The molecule has 1 N–H and O–H groups in total. The molecule has 0 unspecified atom stereocenters. The van der Waals surface area contributed by atoms with Gasteiger partial charge in [0.15, 0.2) is 0 Å². The number of methoxy groups -OCH3 is 1. The fourth-order valence-electron chi connectivity index (χ4n) is 3.70. The molecule has 3 aromatic rings. The van der Waals surface area contributed by atoms with Gasteiger partial charge in [-0.15, -0.1) is 0 Å². The summed E-state index contributed by atoms with van der Waals surface area (Å²) < 4.78 is 7.46. The number of benzene rings is 1.